The zero-order valence-corrected chi connectivity index (χ0v) is 24.9. The lowest BCUT2D eigenvalue weighted by atomic mass is 9.83. The molecule has 0 saturated carbocycles. The van der Waals surface area contributed by atoms with Crippen LogP contribution < -0.4 is 15.4 Å². The molecule has 210 valence electrons. The maximum atomic E-state index is 14.0. The average Bonchev–Trinajstić information content (AvgIpc) is 2.96. The summed E-state index contributed by atoms with van der Waals surface area (Å²) >= 11 is 9.83. The van der Waals surface area contributed by atoms with Gasteiger partial charge in [0.2, 0.25) is 0 Å². The molecule has 3 aromatic carbocycles. The number of aryl methyl sites for hydroxylation is 1. The molecular formula is C32H34BrClFN3O2. The van der Waals surface area contributed by atoms with E-state index in [-0.39, 0.29) is 17.8 Å². The molecule has 0 radical (unpaired) electrons. The first-order chi connectivity index (χ1) is 19.4. The summed E-state index contributed by atoms with van der Waals surface area (Å²) in [6.07, 6.45) is 2.45. The number of benzene rings is 3. The fourth-order valence-electron chi connectivity index (χ4n) is 5.49. The number of amides is 1. The summed E-state index contributed by atoms with van der Waals surface area (Å²) in [5, 5.41) is 7.84. The number of nitrogens with zero attached hydrogens (tertiary/aromatic N) is 1. The van der Waals surface area contributed by atoms with Crippen LogP contribution in [-0.2, 0) is 17.8 Å². The molecule has 2 aliphatic heterocycles. The highest BCUT2D eigenvalue weighted by molar-refractivity contribution is 9.10. The van der Waals surface area contributed by atoms with Crippen LogP contribution in [0.3, 0.4) is 0 Å². The molecule has 2 aliphatic rings. The lowest BCUT2D eigenvalue weighted by Gasteiger charge is -2.40. The number of ether oxygens (including phenoxy) is 1. The fourth-order valence-corrected chi connectivity index (χ4v) is 6.04. The zero-order chi connectivity index (χ0) is 28.1. The molecule has 2 atom stereocenters. The molecule has 40 heavy (non-hydrogen) atoms. The Morgan fingerprint density at radius 1 is 1.12 bits per heavy atom. The van der Waals surface area contributed by atoms with Crippen molar-refractivity contribution in [2.24, 2.45) is 0 Å². The number of nitrogens with one attached hydrogen (secondary N) is 2. The molecule has 3 aromatic rings. The maximum absolute atomic E-state index is 14.0. The standard InChI is InChI=1S/C32H34BrClFN3O2/c1-2-38(20-23-7-3-4-8-28(23)34)32(39)31-26(17-25-18-36-19-29(31)37-25)22-11-9-21(10-12-22)6-5-15-40-30-16-24(35)13-14-27(30)33/h3-4,7-14,16,25,29,36-37H,2,5-6,15,17-20H2,1H3/t25?,29-/m1/s1. The van der Waals surface area contributed by atoms with Crippen LogP contribution in [0, 0.1) is 5.82 Å². The lowest BCUT2D eigenvalue weighted by Crippen LogP contribution is -2.59. The summed E-state index contributed by atoms with van der Waals surface area (Å²) < 4.78 is 20.0. The Balaban J connectivity index is 1.31. The minimum atomic E-state index is -0.315. The minimum Gasteiger partial charge on any atom is -0.492 e. The van der Waals surface area contributed by atoms with Gasteiger partial charge in [-0.15, -0.1) is 0 Å². The summed E-state index contributed by atoms with van der Waals surface area (Å²) in [6, 6.07) is 21.0. The van der Waals surface area contributed by atoms with E-state index in [0.717, 1.165) is 59.1 Å². The van der Waals surface area contributed by atoms with Gasteiger partial charge in [-0.05, 0) is 82.6 Å². The summed E-state index contributed by atoms with van der Waals surface area (Å²) in [6.45, 7) is 5.19. The number of carbonyl (C=O) groups excluding carboxylic acids is 1. The van der Waals surface area contributed by atoms with Crippen molar-refractivity contribution in [3.05, 3.63) is 104 Å². The van der Waals surface area contributed by atoms with Crippen molar-refractivity contribution in [2.45, 2.75) is 44.8 Å². The number of piperazine rings is 1. The third kappa shape index (κ3) is 6.77. The van der Waals surface area contributed by atoms with Gasteiger partial charge in [-0.25, -0.2) is 4.39 Å². The monoisotopic (exact) mass is 625 g/mol. The Hall–Kier alpha value is -2.71. The van der Waals surface area contributed by atoms with Crippen LogP contribution in [0.5, 0.6) is 5.75 Å². The van der Waals surface area contributed by atoms with E-state index in [1.165, 1.54) is 17.7 Å². The number of hydrogen-bond acceptors (Lipinski definition) is 4. The van der Waals surface area contributed by atoms with Gasteiger partial charge in [-0.3, -0.25) is 4.79 Å². The van der Waals surface area contributed by atoms with E-state index in [9.17, 15) is 9.18 Å². The number of rotatable bonds is 10. The third-order valence-corrected chi connectivity index (χ3v) is 8.61. The van der Waals surface area contributed by atoms with Crippen LogP contribution in [0.25, 0.3) is 5.57 Å². The minimum absolute atomic E-state index is 0.0331. The van der Waals surface area contributed by atoms with Crippen molar-refractivity contribution in [2.75, 3.05) is 26.2 Å². The van der Waals surface area contributed by atoms with Crippen LogP contribution in [0.4, 0.5) is 4.39 Å². The molecule has 1 fully saturated rings. The topological polar surface area (TPSA) is 53.6 Å². The number of fused-ring (bicyclic) bond motifs is 2. The molecule has 5 nitrogen and oxygen atoms in total. The van der Waals surface area contributed by atoms with Crippen molar-refractivity contribution in [3.8, 4) is 5.75 Å². The van der Waals surface area contributed by atoms with E-state index in [4.69, 9.17) is 16.3 Å². The first-order valence-corrected chi connectivity index (χ1v) is 15.0. The Morgan fingerprint density at radius 2 is 1.93 bits per heavy atom. The van der Waals surface area contributed by atoms with Gasteiger partial charge in [0.25, 0.3) is 5.91 Å². The normalized spacial score (nSPS) is 18.5. The van der Waals surface area contributed by atoms with Crippen LogP contribution in [0.2, 0.25) is 5.02 Å². The number of carbonyl (C=O) groups is 1. The van der Waals surface area contributed by atoms with E-state index < -0.39 is 0 Å². The van der Waals surface area contributed by atoms with Gasteiger partial charge in [0.05, 0.1) is 17.1 Å². The molecule has 0 aliphatic carbocycles. The van der Waals surface area contributed by atoms with Crippen molar-refractivity contribution in [3.63, 3.8) is 0 Å². The molecule has 1 saturated heterocycles. The summed E-state index contributed by atoms with van der Waals surface area (Å²) in [4.78, 5) is 15.9. The molecule has 2 bridgehead atoms. The molecule has 1 amide bonds. The van der Waals surface area contributed by atoms with Crippen molar-refractivity contribution in [1.82, 2.24) is 15.5 Å². The fraction of sp³-hybridized carbons (Fsp3) is 0.344. The zero-order valence-electron chi connectivity index (χ0n) is 22.6. The van der Waals surface area contributed by atoms with Gasteiger partial charge in [0.15, 0.2) is 0 Å². The largest absolute Gasteiger partial charge is 0.492 e. The van der Waals surface area contributed by atoms with Crippen LogP contribution in [0.1, 0.15) is 36.5 Å². The Kier molecular flexibility index (Phi) is 9.58. The summed E-state index contributed by atoms with van der Waals surface area (Å²) in [7, 11) is 0. The van der Waals surface area contributed by atoms with Gasteiger partial charge in [0, 0.05) is 48.9 Å². The SMILES string of the molecule is CCN(Cc1ccccc1Cl)C(=O)C1=C(c2ccc(CCCOc3cc(F)ccc3Br)cc2)CC2CNC[C@H]1N2. The molecule has 1 unspecified atom stereocenters. The van der Waals surface area contributed by atoms with Gasteiger partial charge < -0.3 is 20.3 Å². The second-order valence-electron chi connectivity index (χ2n) is 10.3. The summed E-state index contributed by atoms with van der Waals surface area (Å²) in [5.41, 5.74) is 5.22. The number of halogens is 3. The van der Waals surface area contributed by atoms with E-state index in [2.05, 4.69) is 50.8 Å². The molecule has 0 aromatic heterocycles. The Labute approximate surface area is 248 Å². The van der Waals surface area contributed by atoms with E-state index in [1.807, 2.05) is 36.1 Å². The molecular weight excluding hydrogens is 593 g/mol. The first kappa shape index (κ1) is 28.8. The average molecular weight is 627 g/mol. The molecule has 8 heteroatoms. The smallest absolute Gasteiger partial charge is 0.252 e. The van der Waals surface area contributed by atoms with Gasteiger partial charge in [0.1, 0.15) is 11.6 Å². The second kappa shape index (κ2) is 13.3. The van der Waals surface area contributed by atoms with Crippen molar-refractivity contribution >= 4 is 39.0 Å². The van der Waals surface area contributed by atoms with Crippen LogP contribution in [0.15, 0.2) is 76.8 Å². The molecule has 0 spiro atoms. The summed E-state index contributed by atoms with van der Waals surface area (Å²) in [5.74, 6) is 0.257. The van der Waals surface area contributed by atoms with E-state index >= 15 is 0 Å². The maximum Gasteiger partial charge on any atom is 0.252 e. The molecule has 2 heterocycles. The van der Waals surface area contributed by atoms with Gasteiger partial charge >= 0.3 is 0 Å². The van der Waals surface area contributed by atoms with Crippen LogP contribution >= 0.6 is 27.5 Å². The predicted molar refractivity (Wildman–Crippen MR) is 162 cm³/mol. The van der Waals surface area contributed by atoms with Gasteiger partial charge in [-0.1, -0.05) is 54.1 Å². The lowest BCUT2D eigenvalue weighted by molar-refractivity contribution is -0.128. The Morgan fingerprint density at radius 3 is 2.70 bits per heavy atom. The van der Waals surface area contributed by atoms with Crippen molar-refractivity contribution in [1.29, 1.82) is 0 Å². The van der Waals surface area contributed by atoms with Gasteiger partial charge in [-0.2, -0.15) is 0 Å². The number of likely N-dealkylation sites (N-methyl/N-ethyl adjacent to an activating group) is 1. The Bertz CT molecular complexity index is 1380. The quantitative estimate of drug-likeness (QED) is 0.256. The van der Waals surface area contributed by atoms with E-state index in [0.29, 0.717) is 36.5 Å². The number of hydrogen-bond donors (Lipinski definition) is 2. The molecule has 5 rings (SSSR count). The predicted octanol–water partition coefficient (Wildman–Crippen LogP) is 6.39. The van der Waals surface area contributed by atoms with E-state index in [1.54, 1.807) is 6.07 Å². The molecule has 2 N–H and O–H groups in total. The van der Waals surface area contributed by atoms with Crippen LogP contribution in [-0.4, -0.2) is 49.1 Å². The first-order valence-electron chi connectivity index (χ1n) is 13.8. The second-order valence-corrected chi connectivity index (χ2v) is 11.6. The third-order valence-electron chi connectivity index (χ3n) is 7.58. The van der Waals surface area contributed by atoms with Crippen molar-refractivity contribution < 1.29 is 13.9 Å². The highest BCUT2D eigenvalue weighted by atomic mass is 79.9. The highest BCUT2D eigenvalue weighted by Gasteiger charge is 2.37. The highest BCUT2D eigenvalue weighted by Crippen LogP contribution is 2.33.